The number of esters is 1. The normalized spacial score (nSPS) is 15.3. The second-order valence-electron chi connectivity index (χ2n) is 6.20. The molecule has 132 valence electrons. The molecule has 1 atom stereocenters. The van der Waals surface area contributed by atoms with E-state index >= 15 is 0 Å². The summed E-state index contributed by atoms with van der Waals surface area (Å²) in [5.41, 5.74) is 1.08. The Kier molecular flexibility index (Phi) is 3.84. The zero-order chi connectivity index (χ0) is 18.3. The van der Waals surface area contributed by atoms with Crippen molar-refractivity contribution >= 4 is 39.6 Å². The van der Waals surface area contributed by atoms with Gasteiger partial charge in [0, 0.05) is 24.0 Å². The molecule has 0 radical (unpaired) electrons. The molecule has 1 aliphatic heterocycles. The summed E-state index contributed by atoms with van der Waals surface area (Å²) < 4.78 is 5.26. The number of nitrogens with zero attached hydrogens (tertiary/aromatic N) is 1. The van der Waals surface area contributed by atoms with E-state index in [2.05, 4.69) is 10.3 Å². The van der Waals surface area contributed by atoms with Gasteiger partial charge in [0.1, 0.15) is 5.69 Å². The summed E-state index contributed by atoms with van der Waals surface area (Å²) in [4.78, 5) is 40.3. The van der Waals surface area contributed by atoms with E-state index in [-0.39, 0.29) is 12.2 Å². The monoisotopic (exact) mass is 351 g/mol. The van der Waals surface area contributed by atoms with Gasteiger partial charge in [-0.25, -0.2) is 9.59 Å². The number of benzene rings is 2. The minimum absolute atomic E-state index is 0.266. The summed E-state index contributed by atoms with van der Waals surface area (Å²) in [6, 6.07) is 13.0. The van der Waals surface area contributed by atoms with Crippen LogP contribution in [0.2, 0.25) is 0 Å². The Morgan fingerprint density at radius 1 is 1.15 bits per heavy atom. The van der Waals surface area contributed by atoms with Crippen LogP contribution in [0.25, 0.3) is 21.7 Å². The van der Waals surface area contributed by atoms with Crippen LogP contribution in [0.4, 0.5) is 4.79 Å². The van der Waals surface area contributed by atoms with E-state index in [0.29, 0.717) is 6.54 Å². The predicted molar refractivity (Wildman–Crippen MR) is 95.8 cm³/mol. The van der Waals surface area contributed by atoms with Gasteiger partial charge in [-0.15, -0.1) is 0 Å². The molecule has 2 N–H and O–H groups in total. The van der Waals surface area contributed by atoms with Crippen LogP contribution in [0.1, 0.15) is 17.4 Å². The summed E-state index contributed by atoms with van der Waals surface area (Å²) in [6.45, 7) is 2.14. The molecule has 1 aliphatic rings. The van der Waals surface area contributed by atoms with Crippen LogP contribution in [-0.4, -0.2) is 47.0 Å². The minimum atomic E-state index is -1.05. The number of aromatic amines is 1. The molecule has 0 saturated carbocycles. The molecule has 2 heterocycles. The van der Waals surface area contributed by atoms with Gasteiger partial charge in [-0.05, 0) is 29.8 Å². The van der Waals surface area contributed by atoms with Crippen LogP contribution < -0.4 is 5.32 Å². The quantitative estimate of drug-likeness (QED) is 0.709. The molecule has 26 heavy (non-hydrogen) atoms. The van der Waals surface area contributed by atoms with Crippen molar-refractivity contribution in [2.75, 3.05) is 13.1 Å². The van der Waals surface area contributed by atoms with Gasteiger partial charge in [-0.3, -0.25) is 9.69 Å². The van der Waals surface area contributed by atoms with E-state index in [4.69, 9.17) is 4.74 Å². The van der Waals surface area contributed by atoms with Crippen LogP contribution >= 0.6 is 0 Å². The third-order valence-electron chi connectivity index (χ3n) is 4.50. The van der Waals surface area contributed by atoms with Crippen LogP contribution in [0.5, 0.6) is 0 Å². The Morgan fingerprint density at radius 3 is 2.73 bits per heavy atom. The number of ether oxygens (including phenoxy) is 1. The van der Waals surface area contributed by atoms with Gasteiger partial charge in [0.25, 0.3) is 5.91 Å². The maximum Gasteiger partial charge on any atom is 0.355 e. The number of nitrogens with one attached hydrogen (secondary N) is 2. The Balaban J connectivity index is 1.57. The summed E-state index contributed by atoms with van der Waals surface area (Å²) >= 11 is 0. The van der Waals surface area contributed by atoms with Crippen molar-refractivity contribution in [3.8, 4) is 0 Å². The Hall–Kier alpha value is -3.35. The fourth-order valence-electron chi connectivity index (χ4n) is 3.17. The molecule has 0 aliphatic carbocycles. The average molecular weight is 351 g/mol. The fourth-order valence-corrected chi connectivity index (χ4v) is 3.17. The molecule has 1 aromatic heterocycles. The fraction of sp³-hybridized carbons (Fsp3) is 0.211. The third kappa shape index (κ3) is 2.67. The highest BCUT2D eigenvalue weighted by molar-refractivity contribution is 6.09. The van der Waals surface area contributed by atoms with Crippen LogP contribution in [0.3, 0.4) is 0 Å². The molecular weight excluding hydrogens is 334 g/mol. The number of carbonyl (C=O) groups is 3. The topological polar surface area (TPSA) is 91.5 Å². The van der Waals surface area contributed by atoms with Crippen LogP contribution in [-0.2, 0) is 9.53 Å². The first-order valence-electron chi connectivity index (χ1n) is 8.35. The Morgan fingerprint density at radius 2 is 1.96 bits per heavy atom. The summed E-state index contributed by atoms with van der Waals surface area (Å²) in [5, 5.41) is 5.55. The molecular formula is C19H17N3O4. The number of hydrogen-bond acceptors (Lipinski definition) is 4. The van der Waals surface area contributed by atoms with E-state index in [9.17, 15) is 14.4 Å². The van der Waals surface area contributed by atoms with Gasteiger partial charge in [-0.2, -0.15) is 0 Å². The highest BCUT2D eigenvalue weighted by atomic mass is 16.5. The molecule has 0 spiro atoms. The molecule has 1 unspecified atom stereocenters. The Labute approximate surface area is 148 Å². The molecule has 3 aromatic rings. The second-order valence-corrected chi connectivity index (χ2v) is 6.20. The molecule has 7 heteroatoms. The average Bonchev–Trinajstić information content (AvgIpc) is 3.27. The molecule has 0 bridgehead atoms. The molecule has 2 aromatic carbocycles. The molecule has 4 rings (SSSR count). The van der Waals surface area contributed by atoms with Gasteiger partial charge in [0.05, 0.1) is 0 Å². The predicted octanol–water partition coefficient (Wildman–Crippen LogP) is 2.42. The number of imide groups is 1. The van der Waals surface area contributed by atoms with Gasteiger partial charge >= 0.3 is 12.0 Å². The number of hydrogen-bond donors (Lipinski definition) is 2. The van der Waals surface area contributed by atoms with Crippen LogP contribution in [0.15, 0.2) is 42.5 Å². The van der Waals surface area contributed by atoms with Gasteiger partial charge in [-0.1, -0.05) is 30.3 Å². The van der Waals surface area contributed by atoms with Crippen molar-refractivity contribution in [1.82, 2.24) is 15.2 Å². The first kappa shape index (κ1) is 16.1. The lowest BCUT2D eigenvalue weighted by molar-refractivity contribution is -0.136. The van der Waals surface area contributed by atoms with Gasteiger partial charge in [0.2, 0.25) is 0 Å². The lowest BCUT2D eigenvalue weighted by Gasteiger charge is -2.17. The molecule has 1 saturated heterocycles. The highest BCUT2D eigenvalue weighted by Crippen LogP contribution is 2.26. The summed E-state index contributed by atoms with van der Waals surface area (Å²) in [7, 11) is 0. The lowest BCUT2D eigenvalue weighted by Crippen LogP contribution is -2.41. The van der Waals surface area contributed by atoms with E-state index in [1.54, 1.807) is 6.07 Å². The zero-order valence-corrected chi connectivity index (χ0v) is 14.1. The van der Waals surface area contributed by atoms with E-state index in [0.717, 1.165) is 26.6 Å². The number of rotatable bonds is 3. The number of H-pyrrole nitrogens is 1. The van der Waals surface area contributed by atoms with E-state index in [1.807, 2.05) is 36.4 Å². The number of urea groups is 1. The van der Waals surface area contributed by atoms with Gasteiger partial charge in [0.15, 0.2) is 6.10 Å². The van der Waals surface area contributed by atoms with Crippen molar-refractivity contribution in [2.45, 2.75) is 13.0 Å². The van der Waals surface area contributed by atoms with Crippen molar-refractivity contribution in [1.29, 1.82) is 0 Å². The first-order chi connectivity index (χ1) is 12.5. The number of aromatic nitrogens is 1. The maximum atomic E-state index is 12.4. The summed E-state index contributed by atoms with van der Waals surface area (Å²) in [5.74, 6) is -1.17. The first-order valence-corrected chi connectivity index (χ1v) is 8.35. The second kappa shape index (κ2) is 6.18. The van der Waals surface area contributed by atoms with E-state index < -0.39 is 24.0 Å². The highest BCUT2D eigenvalue weighted by Gasteiger charge is 2.32. The van der Waals surface area contributed by atoms with Crippen molar-refractivity contribution < 1.29 is 19.1 Å². The standard InChI is InChI=1S/C19H17N3O4/c1-11(17(23)22-9-8-20-19(22)25)26-18(24)16-10-14-13-5-3-2-4-12(13)6-7-15(14)21-16/h2-7,10-11,21H,8-9H2,1H3,(H,20,25). The minimum Gasteiger partial charge on any atom is -0.448 e. The van der Waals surface area contributed by atoms with Gasteiger partial charge < -0.3 is 15.0 Å². The molecule has 1 fully saturated rings. The SMILES string of the molecule is CC(OC(=O)c1cc2c(ccc3ccccc32)[nH]1)C(=O)N1CCNC1=O. The number of fused-ring (bicyclic) bond motifs is 3. The smallest absolute Gasteiger partial charge is 0.355 e. The molecule has 7 nitrogen and oxygen atoms in total. The van der Waals surface area contributed by atoms with Crippen molar-refractivity contribution in [3.05, 3.63) is 48.2 Å². The zero-order valence-electron chi connectivity index (χ0n) is 14.1. The largest absolute Gasteiger partial charge is 0.448 e. The van der Waals surface area contributed by atoms with Crippen molar-refractivity contribution in [3.63, 3.8) is 0 Å². The Bertz CT molecular complexity index is 1040. The lowest BCUT2D eigenvalue weighted by atomic mass is 10.1. The van der Waals surface area contributed by atoms with Crippen LogP contribution in [0, 0.1) is 0 Å². The summed E-state index contributed by atoms with van der Waals surface area (Å²) in [6.07, 6.45) is -1.05. The van der Waals surface area contributed by atoms with Crippen molar-refractivity contribution in [2.24, 2.45) is 0 Å². The third-order valence-corrected chi connectivity index (χ3v) is 4.50. The number of amides is 3. The van der Waals surface area contributed by atoms with E-state index in [1.165, 1.54) is 6.92 Å². The maximum absolute atomic E-state index is 12.4. The molecule has 3 amide bonds. The number of carbonyl (C=O) groups excluding carboxylic acids is 3.